The molecule has 0 unspecified atom stereocenters. The maximum Gasteiger partial charge on any atom is 0.0363 e. The lowest BCUT2D eigenvalue weighted by atomic mass is 9.85. The van der Waals surface area contributed by atoms with Gasteiger partial charge in [0.05, 0.1) is 0 Å². The molecule has 106 valence electrons. The third-order valence-corrected chi connectivity index (χ3v) is 3.73. The van der Waals surface area contributed by atoms with Gasteiger partial charge >= 0.3 is 0 Å². The molecule has 1 nitrogen and oxygen atoms in total. The first-order chi connectivity index (χ1) is 8.95. The van der Waals surface area contributed by atoms with Crippen LogP contribution in [0.4, 0.5) is 0 Å². The van der Waals surface area contributed by atoms with Crippen molar-refractivity contribution in [3.8, 4) is 0 Å². The van der Waals surface area contributed by atoms with Gasteiger partial charge in [0.25, 0.3) is 0 Å². The number of allylic oxidation sites excluding steroid dienone is 8. The minimum Gasteiger partial charge on any atom is -0.322 e. The van der Waals surface area contributed by atoms with Crippen molar-refractivity contribution in [3.63, 3.8) is 0 Å². The molecule has 2 N–H and O–H groups in total. The van der Waals surface area contributed by atoms with Gasteiger partial charge in [0.2, 0.25) is 0 Å². The van der Waals surface area contributed by atoms with E-state index in [1.165, 1.54) is 11.1 Å². The zero-order valence-corrected chi connectivity index (χ0v) is 13.2. The average Bonchev–Trinajstić information content (AvgIpc) is 2.42. The van der Waals surface area contributed by atoms with Crippen LogP contribution in [0, 0.1) is 0 Å². The van der Waals surface area contributed by atoms with E-state index in [1.807, 2.05) is 31.2 Å². The monoisotopic (exact) mass is 259 g/mol. The number of nitrogens with two attached hydrogens (primary N) is 1. The van der Waals surface area contributed by atoms with Crippen molar-refractivity contribution in [2.45, 2.75) is 53.0 Å². The van der Waals surface area contributed by atoms with Crippen LogP contribution >= 0.6 is 0 Å². The van der Waals surface area contributed by atoms with E-state index in [0.29, 0.717) is 0 Å². The molecule has 0 aliphatic rings. The number of rotatable bonds is 7. The predicted octanol–water partition coefficient (Wildman–Crippen LogP) is 5.09. The van der Waals surface area contributed by atoms with Crippen LogP contribution in [0.25, 0.3) is 0 Å². The van der Waals surface area contributed by atoms with Crippen LogP contribution in [0.5, 0.6) is 0 Å². The Labute approximate surface area is 119 Å². The second-order valence-corrected chi connectivity index (χ2v) is 4.92. The summed E-state index contributed by atoms with van der Waals surface area (Å²) in [6, 6.07) is 0. The van der Waals surface area contributed by atoms with Gasteiger partial charge in [-0.05, 0) is 44.8 Å². The van der Waals surface area contributed by atoms with Gasteiger partial charge in [0.1, 0.15) is 0 Å². The molecule has 0 aliphatic carbocycles. The number of hydrogen-bond acceptors (Lipinski definition) is 1. The maximum atomic E-state index is 6.41. The SMILES string of the molecule is C=CC(/C=C/C=C/C)=C(C)\C=C(/C)C(N)(CC)CC. The fourth-order valence-electron chi connectivity index (χ4n) is 1.99. The van der Waals surface area contributed by atoms with Crippen LogP contribution < -0.4 is 5.73 Å². The molecule has 0 fully saturated rings. The van der Waals surface area contributed by atoms with E-state index < -0.39 is 0 Å². The van der Waals surface area contributed by atoms with Gasteiger partial charge in [-0.15, -0.1) is 0 Å². The average molecular weight is 259 g/mol. The smallest absolute Gasteiger partial charge is 0.0363 e. The first kappa shape index (κ1) is 17.7. The molecule has 0 bridgehead atoms. The van der Waals surface area contributed by atoms with Crippen LogP contribution in [0.3, 0.4) is 0 Å². The highest BCUT2D eigenvalue weighted by Gasteiger charge is 2.22. The van der Waals surface area contributed by atoms with Gasteiger partial charge in [0, 0.05) is 5.54 Å². The standard InChI is InChI=1S/C18H29N/c1-7-11-12-13-17(8-2)15(5)14-16(6)18(19,9-3)10-4/h7-8,11-14H,2,9-10,19H2,1,3-6H3/b11-7+,13-12+,16-14+,17-15+. The molecule has 0 aromatic heterocycles. The Morgan fingerprint density at radius 1 is 1.16 bits per heavy atom. The molecule has 0 saturated carbocycles. The van der Waals surface area contributed by atoms with E-state index >= 15 is 0 Å². The van der Waals surface area contributed by atoms with E-state index in [4.69, 9.17) is 5.73 Å². The molecular weight excluding hydrogens is 230 g/mol. The minimum atomic E-state index is -0.194. The van der Waals surface area contributed by atoms with Crippen molar-refractivity contribution < 1.29 is 0 Å². The van der Waals surface area contributed by atoms with Gasteiger partial charge in [0.15, 0.2) is 0 Å². The first-order valence-corrected chi connectivity index (χ1v) is 7.05. The van der Waals surface area contributed by atoms with Crippen LogP contribution in [0.15, 0.2) is 59.8 Å². The predicted molar refractivity (Wildman–Crippen MR) is 88.1 cm³/mol. The molecule has 0 amide bonds. The fraction of sp³-hybridized carbons (Fsp3) is 0.444. The Balaban J connectivity index is 5.36. The fourth-order valence-corrected chi connectivity index (χ4v) is 1.99. The van der Waals surface area contributed by atoms with Crippen LogP contribution in [-0.4, -0.2) is 5.54 Å². The van der Waals surface area contributed by atoms with E-state index in [2.05, 4.69) is 46.4 Å². The molecule has 0 heterocycles. The van der Waals surface area contributed by atoms with E-state index in [1.54, 1.807) is 0 Å². The molecule has 0 radical (unpaired) electrons. The maximum absolute atomic E-state index is 6.41. The zero-order chi connectivity index (χ0) is 14.9. The summed E-state index contributed by atoms with van der Waals surface area (Å²) in [7, 11) is 0. The topological polar surface area (TPSA) is 26.0 Å². The van der Waals surface area contributed by atoms with Crippen LogP contribution in [-0.2, 0) is 0 Å². The van der Waals surface area contributed by atoms with Crippen molar-refractivity contribution in [2.75, 3.05) is 0 Å². The van der Waals surface area contributed by atoms with Gasteiger partial charge < -0.3 is 5.73 Å². The minimum absolute atomic E-state index is 0.194. The lowest BCUT2D eigenvalue weighted by Gasteiger charge is -2.28. The summed E-state index contributed by atoms with van der Waals surface area (Å²) in [6.45, 7) is 14.4. The van der Waals surface area contributed by atoms with Crippen molar-refractivity contribution in [3.05, 3.63) is 59.8 Å². The molecule has 0 aromatic rings. The molecule has 0 rings (SSSR count). The molecule has 19 heavy (non-hydrogen) atoms. The molecule has 0 spiro atoms. The summed E-state index contributed by atoms with van der Waals surface area (Å²) in [6.07, 6.45) is 14.1. The Morgan fingerprint density at radius 3 is 2.16 bits per heavy atom. The molecule has 0 saturated heterocycles. The van der Waals surface area contributed by atoms with Gasteiger partial charge in [-0.2, -0.15) is 0 Å². The van der Waals surface area contributed by atoms with Crippen LogP contribution in [0.1, 0.15) is 47.5 Å². The van der Waals surface area contributed by atoms with Gasteiger partial charge in [-0.1, -0.05) is 62.5 Å². The molecule has 0 aromatic carbocycles. The summed E-state index contributed by atoms with van der Waals surface area (Å²) >= 11 is 0. The Morgan fingerprint density at radius 2 is 1.74 bits per heavy atom. The summed E-state index contributed by atoms with van der Waals surface area (Å²) < 4.78 is 0. The van der Waals surface area contributed by atoms with E-state index in [0.717, 1.165) is 18.4 Å². The third kappa shape index (κ3) is 5.44. The van der Waals surface area contributed by atoms with Crippen molar-refractivity contribution in [1.82, 2.24) is 0 Å². The molecule has 0 atom stereocenters. The number of hydrogen-bond donors (Lipinski definition) is 1. The van der Waals surface area contributed by atoms with Crippen molar-refractivity contribution in [2.24, 2.45) is 5.73 Å². The van der Waals surface area contributed by atoms with E-state index in [9.17, 15) is 0 Å². The Hall–Kier alpha value is -1.34. The van der Waals surface area contributed by atoms with Crippen LogP contribution in [0.2, 0.25) is 0 Å². The summed E-state index contributed by atoms with van der Waals surface area (Å²) in [5.41, 5.74) is 9.77. The summed E-state index contributed by atoms with van der Waals surface area (Å²) in [4.78, 5) is 0. The summed E-state index contributed by atoms with van der Waals surface area (Å²) in [5.74, 6) is 0. The lowest BCUT2D eigenvalue weighted by Crippen LogP contribution is -2.39. The summed E-state index contributed by atoms with van der Waals surface area (Å²) in [5, 5.41) is 0. The Kier molecular flexibility index (Phi) is 8.09. The second kappa shape index (κ2) is 8.71. The molecule has 1 heteroatoms. The normalized spacial score (nSPS) is 15.2. The third-order valence-electron chi connectivity index (χ3n) is 3.73. The quantitative estimate of drug-likeness (QED) is 0.633. The van der Waals surface area contributed by atoms with Crippen molar-refractivity contribution in [1.29, 1.82) is 0 Å². The Bertz CT molecular complexity index is 401. The highest BCUT2D eigenvalue weighted by molar-refractivity contribution is 5.42. The largest absolute Gasteiger partial charge is 0.322 e. The second-order valence-electron chi connectivity index (χ2n) is 4.92. The molecule has 0 aliphatic heterocycles. The lowest BCUT2D eigenvalue weighted by molar-refractivity contribution is 0.464. The molecular formula is C18H29N. The first-order valence-electron chi connectivity index (χ1n) is 7.05. The highest BCUT2D eigenvalue weighted by atomic mass is 14.7. The van der Waals surface area contributed by atoms with Crippen molar-refractivity contribution >= 4 is 0 Å². The van der Waals surface area contributed by atoms with Gasteiger partial charge in [-0.25, -0.2) is 0 Å². The highest BCUT2D eigenvalue weighted by Crippen LogP contribution is 2.23. The van der Waals surface area contributed by atoms with Gasteiger partial charge in [-0.3, -0.25) is 0 Å². The zero-order valence-electron chi connectivity index (χ0n) is 13.2. The van der Waals surface area contributed by atoms with E-state index in [-0.39, 0.29) is 5.54 Å².